The van der Waals surface area contributed by atoms with Crippen LogP contribution in [0.4, 0.5) is 13.2 Å². The summed E-state index contributed by atoms with van der Waals surface area (Å²) in [6.45, 7) is 2.45. The molecule has 1 spiro atoms. The number of pyridine rings is 1. The van der Waals surface area contributed by atoms with Crippen LogP contribution in [0.3, 0.4) is 0 Å². The van der Waals surface area contributed by atoms with E-state index >= 15 is 0 Å². The summed E-state index contributed by atoms with van der Waals surface area (Å²) >= 11 is 0. The summed E-state index contributed by atoms with van der Waals surface area (Å²) in [5, 5.41) is 10.1. The van der Waals surface area contributed by atoms with Gasteiger partial charge in [0.2, 0.25) is 5.91 Å². The Morgan fingerprint density at radius 3 is 2.45 bits per heavy atom. The molecule has 3 rings (SSSR count). The Kier molecular flexibility index (Phi) is 7.17. The van der Waals surface area contributed by atoms with Crippen molar-refractivity contribution in [2.75, 3.05) is 33.4 Å². The Balaban J connectivity index is 0.000000370. The van der Waals surface area contributed by atoms with Crippen LogP contribution < -0.4 is 5.32 Å². The molecular formula is C18H22F3N3O5. The predicted molar refractivity (Wildman–Crippen MR) is 93.9 cm³/mol. The standard InChI is InChI=1S/C16H21N3O3.C2HF3O2/c1-22-10-12-14(20)18-11-16(12)5-8-19(9-6-16)15(21)13-4-2-3-7-17-13;3-2(4,5)1(6)7/h2-4,7,12H,5-6,8-11H2,1H3,(H,18,20);(H,6,7). The number of nitrogens with one attached hydrogen (secondary N) is 1. The van der Waals surface area contributed by atoms with E-state index in [1.165, 1.54) is 0 Å². The van der Waals surface area contributed by atoms with E-state index in [4.69, 9.17) is 14.6 Å². The Morgan fingerprint density at radius 2 is 1.97 bits per heavy atom. The molecule has 2 aliphatic rings. The van der Waals surface area contributed by atoms with E-state index in [1.54, 1.807) is 25.4 Å². The lowest BCUT2D eigenvalue weighted by Gasteiger charge is -2.41. The van der Waals surface area contributed by atoms with Crippen molar-refractivity contribution in [1.82, 2.24) is 15.2 Å². The number of nitrogens with zero attached hydrogens (tertiary/aromatic N) is 2. The summed E-state index contributed by atoms with van der Waals surface area (Å²) < 4.78 is 37.0. The molecule has 1 aromatic rings. The van der Waals surface area contributed by atoms with Crippen LogP contribution in [-0.4, -0.2) is 72.3 Å². The highest BCUT2D eigenvalue weighted by Crippen LogP contribution is 2.42. The number of methoxy groups -OCH3 is 1. The Hall–Kier alpha value is -2.69. The fourth-order valence-electron chi connectivity index (χ4n) is 3.54. The number of aliphatic carboxylic acids is 1. The first-order chi connectivity index (χ1) is 13.6. The molecule has 0 aromatic carbocycles. The van der Waals surface area contributed by atoms with E-state index in [2.05, 4.69) is 10.3 Å². The minimum atomic E-state index is -5.08. The molecule has 29 heavy (non-hydrogen) atoms. The number of carbonyl (C=O) groups is 3. The predicted octanol–water partition coefficient (Wildman–Crippen LogP) is 1.33. The minimum Gasteiger partial charge on any atom is -0.475 e. The van der Waals surface area contributed by atoms with Gasteiger partial charge in [-0.1, -0.05) is 6.07 Å². The van der Waals surface area contributed by atoms with Gasteiger partial charge in [0.15, 0.2) is 0 Å². The van der Waals surface area contributed by atoms with Gasteiger partial charge < -0.3 is 20.1 Å². The van der Waals surface area contributed by atoms with Gasteiger partial charge >= 0.3 is 12.1 Å². The zero-order valence-electron chi connectivity index (χ0n) is 15.7. The van der Waals surface area contributed by atoms with Crippen LogP contribution in [-0.2, 0) is 14.3 Å². The van der Waals surface area contributed by atoms with Gasteiger partial charge in [0.25, 0.3) is 5.91 Å². The van der Waals surface area contributed by atoms with Crippen molar-refractivity contribution < 1.29 is 37.4 Å². The van der Waals surface area contributed by atoms with Crippen molar-refractivity contribution in [3.8, 4) is 0 Å². The number of carboxylic acids is 1. The monoisotopic (exact) mass is 417 g/mol. The molecule has 0 radical (unpaired) electrons. The van der Waals surface area contributed by atoms with E-state index in [-0.39, 0.29) is 23.1 Å². The van der Waals surface area contributed by atoms with Crippen molar-refractivity contribution >= 4 is 17.8 Å². The first-order valence-electron chi connectivity index (χ1n) is 8.88. The SMILES string of the molecule is COCC1C(=O)NCC12CCN(C(=O)c1ccccn1)CC2.O=C(O)C(F)(F)F. The van der Waals surface area contributed by atoms with Crippen LogP contribution in [0.1, 0.15) is 23.3 Å². The van der Waals surface area contributed by atoms with Crippen molar-refractivity contribution in [2.24, 2.45) is 11.3 Å². The van der Waals surface area contributed by atoms with Crippen molar-refractivity contribution in [3.63, 3.8) is 0 Å². The molecule has 0 aliphatic carbocycles. The smallest absolute Gasteiger partial charge is 0.475 e. The van der Waals surface area contributed by atoms with E-state index in [0.717, 1.165) is 12.8 Å². The van der Waals surface area contributed by atoms with Gasteiger partial charge in [0, 0.05) is 38.4 Å². The van der Waals surface area contributed by atoms with Crippen molar-refractivity contribution in [3.05, 3.63) is 30.1 Å². The molecule has 2 saturated heterocycles. The third-order valence-electron chi connectivity index (χ3n) is 5.18. The molecule has 0 saturated carbocycles. The van der Waals surface area contributed by atoms with Crippen LogP contribution in [0.15, 0.2) is 24.4 Å². The van der Waals surface area contributed by atoms with Gasteiger partial charge in [-0.3, -0.25) is 14.6 Å². The normalized spacial score (nSPS) is 20.6. The first kappa shape index (κ1) is 22.6. The number of carbonyl (C=O) groups excluding carboxylic acids is 2. The highest BCUT2D eigenvalue weighted by Gasteiger charge is 2.50. The Labute approximate surface area is 165 Å². The number of carboxylic acid groups (broad SMARTS) is 1. The van der Waals surface area contributed by atoms with E-state index < -0.39 is 12.1 Å². The largest absolute Gasteiger partial charge is 0.490 e. The lowest BCUT2D eigenvalue weighted by atomic mass is 9.71. The molecule has 2 amide bonds. The number of alkyl halides is 3. The molecule has 160 valence electrons. The van der Waals surface area contributed by atoms with Crippen molar-refractivity contribution in [1.29, 1.82) is 0 Å². The fraction of sp³-hybridized carbons (Fsp3) is 0.556. The molecule has 11 heteroatoms. The van der Waals surface area contributed by atoms with E-state index in [0.29, 0.717) is 31.9 Å². The van der Waals surface area contributed by atoms with Crippen LogP contribution in [0.25, 0.3) is 0 Å². The molecular weight excluding hydrogens is 395 g/mol. The lowest BCUT2D eigenvalue weighted by molar-refractivity contribution is -0.192. The maximum Gasteiger partial charge on any atom is 0.490 e. The molecule has 2 N–H and O–H groups in total. The summed E-state index contributed by atoms with van der Waals surface area (Å²) in [7, 11) is 1.62. The molecule has 1 aromatic heterocycles. The Bertz CT molecular complexity index is 734. The molecule has 8 nitrogen and oxygen atoms in total. The second-order valence-corrected chi connectivity index (χ2v) is 6.90. The highest BCUT2D eigenvalue weighted by molar-refractivity contribution is 5.92. The maximum atomic E-state index is 12.4. The molecule has 2 fully saturated rings. The third kappa shape index (κ3) is 5.43. The average molecular weight is 417 g/mol. The van der Waals surface area contributed by atoms with Crippen LogP contribution >= 0.6 is 0 Å². The van der Waals surface area contributed by atoms with Gasteiger partial charge in [-0.2, -0.15) is 13.2 Å². The number of hydrogen-bond acceptors (Lipinski definition) is 5. The lowest BCUT2D eigenvalue weighted by Crippen LogP contribution is -2.47. The summed E-state index contributed by atoms with van der Waals surface area (Å²) in [5.41, 5.74) is 0.404. The first-order valence-corrected chi connectivity index (χ1v) is 8.88. The summed E-state index contributed by atoms with van der Waals surface area (Å²) in [4.78, 5) is 39.3. The van der Waals surface area contributed by atoms with Crippen LogP contribution in [0, 0.1) is 11.3 Å². The number of rotatable bonds is 3. The second-order valence-electron chi connectivity index (χ2n) is 6.90. The number of ether oxygens (including phenoxy) is 1. The summed E-state index contributed by atoms with van der Waals surface area (Å²) in [6, 6.07) is 5.36. The van der Waals surface area contributed by atoms with Gasteiger partial charge in [0.05, 0.1) is 12.5 Å². The number of aromatic nitrogens is 1. The van der Waals surface area contributed by atoms with Gasteiger partial charge in [-0.25, -0.2) is 4.79 Å². The topological polar surface area (TPSA) is 109 Å². The molecule has 0 bridgehead atoms. The molecule has 1 atom stereocenters. The summed E-state index contributed by atoms with van der Waals surface area (Å²) in [6.07, 6.45) is -1.82. The van der Waals surface area contributed by atoms with E-state index in [9.17, 15) is 22.8 Å². The average Bonchev–Trinajstić information content (AvgIpc) is 2.98. The molecule has 3 heterocycles. The number of amides is 2. The third-order valence-corrected chi connectivity index (χ3v) is 5.18. The molecule has 2 aliphatic heterocycles. The fourth-order valence-corrected chi connectivity index (χ4v) is 3.54. The molecule has 1 unspecified atom stereocenters. The van der Waals surface area contributed by atoms with Crippen LogP contribution in [0.5, 0.6) is 0 Å². The maximum absolute atomic E-state index is 12.4. The number of halogens is 3. The van der Waals surface area contributed by atoms with Gasteiger partial charge in [-0.15, -0.1) is 0 Å². The summed E-state index contributed by atoms with van der Waals surface area (Å²) in [5.74, 6) is -2.82. The van der Waals surface area contributed by atoms with Gasteiger partial charge in [0.1, 0.15) is 5.69 Å². The minimum absolute atomic E-state index is 0.0315. The number of likely N-dealkylation sites (tertiary alicyclic amines) is 1. The zero-order valence-corrected chi connectivity index (χ0v) is 15.7. The second kappa shape index (κ2) is 9.21. The number of hydrogen-bond donors (Lipinski definition) is 2. The Morgan fingerprint density at radius 1 is 1.34 bits per heavy atom. The number of piperidine rings is 1. The quantitative estimate of drug-likeness (QED) is 0.768. The van der Waals surface area contributed by atoms with E-state index in [1.807, 2.05) is 11.0 Å². The zero-order chi connectivity index (χ0) is 21.7. The van der Waals surface area contributed by atoms with Crippen LogP contribution in [0.2, 0.25) is 0 Å². The van der Waals surface area contributed by atoms with Gasteiger partial charge in [-0.05, 0) is 25.0 Å². The van der Waals surface area contributed by atoms with Crippen molar-refractivity contribution in [2.45, 2.75) is 19.0 Å². The highest BCUT2D eigenvalue weighted by atomic mass is 19.4.